The first-order valence-electron chi connectivity index (χ1n) is 5.65. The van der Waals surface area contributed by atoms with Crippen molar-refractivity contribution in [1.29, 1.82) is 0 Å². The van der Waals surface area contributed by atoms with Gasteiger partial charge in [0.25, 0.3) is 0 Å². The van der Waals surface area contributed by atoms with E-state index >= 15 is 0 Å². The molecule has 1 amide bonds. The van der Waals surface area contributed by atoms with Gasteiger partial charge in [-0.15, -0.1) is 0 Å². The summed E-state index contributed by atoms with van der Waals surface area (Å²) in [6.07, 6.45) is 1.09. The zero-order valence-electron chi connectivity index (χ0n) is 9.57. The molecule has 0 saturated heterocycles. The molecule has 0 radical (unpaired) electrons. The summed E-state index contributed by atoms with van der Waals surface area (Å²) in [5, 5.41) is 2.81. The van der Waals surface area contributed by atoms with Gasteiger partial charge in [0, 0.05) is 12.1 Å². The highest BCUT2D eigenvalue weighted by atomic mass is 16.7. The summed E-state index contributed by atoms with van der Waals surface area (Å²) in [6, 6.07) is 5.56. The number of benzene rings is 1. The van der Waals surface area contributed by atoms with E-state index in [4.69, 9.17) is 15.2 Å². The van der Waals surface area contributed by atoms with Gasteiger partial charge in [0.05, 0.1) is 6.42 Å². The van der Waals surface area contributed by atoms with Crippen molar-refractivity contribution < 1.29 is 14.3 Å². The fraction of sp³-hybridized carbons (Fsp3) is 0.417. The molecule has 1 aliphatic heterocycles. The Labute approximate surface area is 99.9 Å². The van der Waals surface area contributed by atoms with Crippen molar-refractivity contribution >= 4 is 5.91 Å². The fourth-order valence-electron chi connectivity index (χ4n) is 1.70. The van der Waals surface area contributed by atoms with Crippen LogP contribution in [0.2, 0.25) is 0 Å². The van der Waals surface area contributed by atoms with E-state index in [1.165, 1.54) is 0 Å². The van der Waals surface area contributed by atoms with Gasteiger partial charge in [0.2, 0.25) is 12.7 Å². The summed E-state index contributed by atoms with van der Waals surface area (Å²) in [7, 11) is 0. The lowest BCUT2D eigenvalue weighted by Gasteiger charge is -2.06. The predicted octanol–water partition coefficient (Wildman–Crippen LogP) is 0.423. The molecule has 1 aromatic carbocycles. The van der Waals surface area contributed by atoms with E-state index < -0.39 is 0 Å². The summed E-state index contributed by atoms with van der Waals surface area (Å²) in [6.45, 7) is 1.42. The highest BCUT2D eigenvalue weighted by Crippen LogP contribution is 2.35. The minimum Gasteiger partial charge on any atom is -0.454 e. The van der Waals surface area contributed by atoms with Crippen LogP contribution >= 0.6 is 0 Å². The van der Waals surface area contributed by atoms with Crippen LogP contribution < -0.4 is 20.5 Å². The van der Waals surface area contributed by atoms with Gasteiger partial charge in [-0.1, -0.05) is 12.1 Å². The first kappa shape index (κ1) is 11.7. The minimum absolute atomic E-state index is 0.0256. The van der Waals surface area contributed by atoms with Crippen LogP contribution in [0, 0.1) is 0 Å². The largest absolute Gasteiger partial charge is 0.454 e. The van der Waals surface area contributed by atoms with Crippen LogP contribution in [-0.2, 0) is 11.2 Å². The highest BCUT2D eigenvalue weighted by molar-refractivity contribution is 5.79. The molecule has 0 spiro atoms. The van der Waals surface area contributed by atoms with E-state index in [0.29, 0.717) is 31.0 Å². The van der Waals surface area contributed by atoms with Crippen molar-refractivity contribution in [2.75, 3.05) is 19.9 Å². The summed E-state index contributed by atoms with van der Waals surface area (Å²) in [5.74, 6) is 1.36. The Morgan fingerprint density at radius 3 is 3.12 bits per heavy atom. The number of nitrogens with two attached hydrogens (primary N) is 1. The van der Waals surface area contributed by atoms with Gasteiger partial charge in [-0.05, 0) is 19.0 Å². The lowest BCUT2D eigenvalue weighted by Crippen LogP contribution is -2.27. The Morgan fingerprint density at radius 2 is 2.29 bits per heavy atom. The minimum atomic E-state index is -0.0256. The Bertz CT molecular complexity index is 407. The molecule has 5 nitrogen and oxygen atoms in total. The summed E-state index contributed by atoms with van der Waals surface area (Å²) in [4.78, 5) is 11.6. The zero-order chi connectivity index (χ0) is 12.1. The van der Waals surface area contributed by atoms with Crippen LogP contribution in [-0.4, -0.2) is 25.8 Å². The van der Waals surface area contributed by atoms with Gasteiger partial charge < -0.3 is 20.5 Å². The van der Waals surface area contributed by atoms with Crippen LogP contribution in [0.5, 0.6) is 11.5 Å². The normalized spacial score (nSPS) is 12.5. The van der Waals surface area contributed by atoms with E-state index in [0.717, 1.165) is 12.0 Å². The number of nitrogens with one attached hydrogen (secondary N) is 1. The first-order valence-corrected chi connectivity index (χ1v) is 5.65. The summed E-state index contributed by atoms with van der Waals surface area (Å²) >= 11 is 0. The first-order chi connectivity index (χ1) is 8.31. The Morgan fingerprint density at radius 1 is 1.41 bits per heavy atom. The number of rotatable bonds is 5. The van der Waals surface area contributed by atoms with Crippen molar-refractivity contribution in [3.8, 4) is 11.5 Å². The number of fused-ring (bicyclic) bond motifs is 1. The van der Waals surface area contributed by atoms with E-state index in [-0.39, 0.29) is 12.7 Å². The van der Waals surface area contributed by atoms with Crippen LogP contribution in [0.25, 0.3) is 0 Å². The summed E-state index contributed by atoms with van der Waals surface area (Å²) < 4.78 is 10.6. The third-order valence-corrected chi connectivity index (χ3v) is 2.53. The van der Waals surface area contributed by atoms with Gasteiger partial charge in [0.1, 0.15) is 0 Å². The molecule has 1 heterocycles. The number of carbonyl (C=O) groups excluding carboxylic acids is 1. The molecule has 0 unspecified atom stereocenters. The standard InChI is InChI=1S/C12H16N2O3/c13-5-2-6-14-11(15)7-9-3-1-4-10-12(9)17-8-16-10/h1,3-4H,2,5-8,13H2,(H,14,15). The Balaban J connectivity index is 1.95. The number of hydrogen-bond acceptors (Lipinski definition) is 4. The molecule has 0 saturated carbocycles. The molecule has 17 heavy (non-hydrogen) atoms. The predicted molar refractivity (Wildman–Crippen MR) is 63.0 cm³/mol. The van der Waals surface area contributed by atoms with Gasteiger partial charge in [-0.3, -0.25) is 4.79 Å². The maximum absolute atomic E-state index is 11.6. The molecule has 0 aromatic heterocycles. The molecule has 1 aromatic rings. The lowest BCUT2D eigenvalue weighted by molar-refractivity contribution is -0.120. The molecule has 0 fully saturated rings. The smallest absolute Gasteiger partial charge is 0.231 e. The highest BCUT2D eigenvalue weighted by Gasteiger charge is 2.18. The molecule has 0 bridgehead atoms. The number of carbonyl (C=O) groups is 1. The van der Waals surface area contributed by atoms with E-state index in [9.17, 15) is 4.79 Å². The molecule has 0 atom stereocenters. The second kappa shape index (κ2) is 5.54. The third-order valence-electron chi connectivity index (χ3n) is 2.53. The van der Waals surface area contributed by atoms with E-state index in [1.54, 1.807) is 0 Å². The quantitative estimate of drug-likeness (QED) is 0.727. The van der Waals surface area contributed by atoms with Crippen molar-refractivity contribution in [3.63, 3.8) is 0 Å². The van der Waals surface area contributed by atoms with Crippen LogP contribution in [0.15, 0.2) is 18.2 Å². The molecular weight excluding hydrogens is 220 g/mol. The molecule has 3 N–H and O–H groups in total. The lowest BCUT2D eigenvalue weighted by atomic mass is 10.1. The Hall–Kier alpha value is -1.75. The van der Waals surface area contributed by atoms with Gasteiger partial charge in [-0.2, -0.15) is 0 Å². The average molecular weight is 236 g/mol. The fourth-order valence-corrected chi connectivity index (χ4v) is 1.70. The topological polar surface area (TPSA) is 73.6 Å². The summed E-state index contributed by atoms with van der Waals surface area (Å²) in [5.41, 5.74) is 6.21. The van der Waals surface area contributed by atoms with Crippen molar-refractivity contribution in [1.82, 2.24) is 5.32 Å². The molecule has 5 heteroatoms. The Kier molecular flexibility index (Phi) is 3.82. The molecular formula is C12H16N2O3. The molecule has 92 valence electrons. The monoisotopic (exact) mass is 236 g/mol. The van der Waals surface area contributed by atoms with Gasteiger partial charge >= 0.3 is 0 Å². The maximum Gasteiger partial charge on any atom is 0.231 e. The number of ether oxygens (including phenoxy) is 2. The van der Waals surface area contributed by atoms with Crippen LogP contribution in [0.3, 0.4) is 0 Å². The number of hydrogen-bond donors (Lipinski definition) is 2. The van der Waals surface area contributed by atoms with Gasteiger partial charge in [-0.25, -0.2) is 0 Å². The second-order valence-corrected chi connectivity index (χ2v) is 3.82. The van der Waals surface area contributed by atoms with Crippen molar-refractivity contribution in [2.45, 2.75) is 12.8 Å². The van der Waals surface area contributed by atoms with E-state index in [1.807, 2.05) is 18.2 Å². The van der Waals surface area contributed by atoms with Gasteiger partial charge in [0.15, 0.2) is 11.5 Å². The van der Waals surface area contributed by atoms with Crippen molar-refractivity contribution in [3.05, 3.63) is 23.8 Å². The van der Waals surface area contributed by atoms with Crippen LogP contribution in [0.1, 0.15) is 12.0 Å². The molecule has 2 rings (SSSR count). The molecule has 0 aliphatic carbocycles. The average Bonchev–Trinajstić information content (AvgIpc) is 2.78. The van der Waals surface area contributed by atoms with Crippen LogP contribution in [0.4, 0.5) is 0 Å². The van der Waals surface area contributed by atoms with E-state index in [2.05, 4.69) is 5.32 Å². The maximum atomic E-state index is 11.6. The van der Waals surface area contributed by atoms with Crippen molar-refractivity contribution in [2.24, 2.45) is 5.73 Å². The third kappa shape index (κ3) is 2.88. The SMILES string of the molecule is NCCCNC(=O)Cc1cccc2c1OCO2. The zero-order valence-corrected chi connectivity index (χ0v) is 9.57. The molecule has 1 aliphatic rings. The second-order valence-electron chi connectivity index (χ2n) is 3.82. The number of amides is 1. The number of para-hydroxylation sites is 1.